The van der Waals surface area contributed by atoms with Gasteiger partial charge in [0.2, 0.25) is 11.7 Å². The number of nitrogens with one attached hydrogen (secondary N) is 1. The zero-order valence-corrected chi connectivity index (χ0v) is 17.3. The van der Waals surface area contributed by atoms with E-state index in [1.165, 1.54) is 41.2 Å². The average molecular weight is 430 g/mol. The lowest BCUT2D eigenvalue weighted by molar-refractivity contribution is -0.117. The van der Waals surface area contributed by atoms with Crippen LogP contribution in [0.2, 0.25) is 0 Å². The topological polar surface area (TPSA) is 119 Å². The highest BCUT2D eigenvalue weighted by atomic mass is 32.2. The first-order valence-corrected chi connectivity index (χ1v) is 11.4. The second kappa shape index (κ2) is 7.23. The number of nitrogens with two attached hydrogens (primary N) is 1. The summed E-state index contributed by atoms with van der Waals surface area (Å²) in [5.74, 6) is -0.967. The molecule has 3 N–H and O–H groups in total. The lowest BCUT2D eigenvalue weighted by Crippen LogP contribution is -2.28. The van der Waals surface area contributed by atoms with Crippen LogP contribution in [0, 0.1) is 0 Å². The number of carbonyl (C=O) groups is 2. The van der Waals surface area contributed by atoms with Crippen molar-refractivity contribution < 1.29 is 18.0 Å². The molecule has 0 aliphatic heterocycles. The van der Waals surface area contributed by atoms with Gasteiger partial charge in [-0.2, -0.15) is 0 Å². The van der Waals surface area contributed by atoms with Gasteiger partial charge in [0.25, 0.3) is 10.0 Å². The summed E-state index contributed by atoms with van der Waals surface area (Å²) in [5.41, 5.74) is 9.27. The fraction of sp³-hybridized carbons (Fsp3) is 0.250. The number of amides is 1. The van der Waals surface area contributed by atoms with Crippen LogP contribution in [0.5, 0.6) is 0 Å². The fourth-order valence-electron chi connectivity index (χ4n) is 3.49. The van der Waals surface area contributed by atoms with Crippen molar-refractivity contribution in [3.05, 3.63) is 52.0 Å². The SMILES string of the molecule is CC(=O)NS(=O)(=O)c1ccc(C(=O)c2sc3nc4c(cc3c2N)CCCC4)cc1. The van der Waals surface area contributed by atoms with Crippen molar-refractivity contribution in [3.8, 4) is 0 Å². The Morgan fingerprint density at radius 3 is 2.52 bits per heavy atom. The lowest BCUT2D eigenvalue weighted by Gasteiger charge is -2.14. The number of pyridine rings is 1. The standard InChI is InChI=1S/C20H19N3O4S2/c1-11(24)23-29(26,27)14-8-6-12(7-9-14)18(25)19-17(21)15-10-13-4-2-3-5-16(13)22-20(15)28-19/h6-10H,2-5,21H2,1H3,(H,23,24). The molecule has 0 saturated carbocycles. The number of fused-ring (bicyclic) bond motifs is 2. The summed E-state index contributed by atoms with van der Waals surface area (Å²) in [7, 11) is -3.95. The van der Waals surface area contributed by atoms with Gasteiger partial charge in [-0.1, -0.05) is 0 Å². The third-order valence-electron chi connectivity index (χ3n) is 4.91. The van der Waals surface area contributed by atoms with Gasteiger partial charge in [0.15, 0.2) is 0 Å². The normalized spacial score (nSPS) is 13.8. The summed E-state index contributed by atoms with van der Waals surface area (Å²) in [4.78, 5) is 29.8. The van der Waals surface area contributed by atoms with Crippen molar-refractivity contribution in [3.63, 3.8) is 0 Å². The van der Waals surface area contributed by atoms with Crippen LogP contribution in [-0.4, -0.2) is 25.1 Å². The number of nitrogen functional groups attached to an aromatic ring is 1. The first-order valence-electron chi connectivity index (χ1n) is 9.15. The Balaban J connectivity index is 1.68. The number of anilines is 1. The van der Waals surface area contributed by atoms with E-state index in [0.29, 0.717) is 16.1 Å². The van der Waals surface area contributed by atoms with Gasteiger partial charge in [-0.05, 0) is 61.6 Å². The molecule has 2 aromatic heterocycles. The van der Waals surface area contributed by atoms with Crippen molar-refractivity contribution in [2.75, 3.05) is 5.73 Å². The van der Waals surface area contributed by atoms with Gasteiger partial charge in [-0.15, -0.1) is 11.3 Å². The lowest BCUT2D eigenvalue weighted by atomic mass is 9.95. The highest BCUT2D eigenvalue weighted by molar-refractivity contribution is 7.90. The predicted octanol–water partition coefficient (Wildman–Crippen LogP) is 2.81. The molecule has 0 fully saturated rings. The van der Waals surface area contributed by atoms with Crippen LogP contribution in [0.15, 0.2) is 35.2 Å². The third-order valence-corrected chi connectivity index (χ3v) is 7.47. The van der Waals surface area contributed by atoms with E-state index in [0.717, 1.165) is 48.5 Å². The zero-order chi connectivity index (χ0) is 20.8. The second-order valence-electron chi connectivity index (χ2n) is 7.01. The van der Waals surface area contributed by atoms with E-state index in [-0.39, 0.29) is 10.7 Å². The molecule has 7 nitrogen and oxygen atoms in total. The number of hydrogen-bond acceptors (Lipinski definition) is 7. The minimum atomic E-state index is -3.95. The molecule has 0 spiro atoms. The number of benzene rings is 1. The van der Waals surface area contributed by atoms with Gasteiger partial charge < -0.3 is 5.73 Å². The molecule has 1 amide bonds. The number of aryl methyl sites for hydroxylation is 2. The van der Waals surface area contributed by atoms with Gasteiger partial charge in [0.1, 0.15) is 9.71 Å². The third kappa shape index (κ3) is 3.63. The Morgan fingerprint density at radius 2 is 1.83 bits per heavy atom. The molecule has 0 radical (unpaired) electrons. The van der Waals surface area contributed by atoms with Gasteiger partial charge in [-0.25, -0.2) is 18.1 Å². The number of sulfonamides is 1. The van der Waals surface area contributed by atoms with Crippen molar-refractivity contribution in [1.29, 1.82) is 0 Å². The maximum atomic E-state index is 13.0. The van der Waals surface area contributed by atoms with E-state index >= 15 is 0 Å². The molecule has 29 heavy (non-hydrogen) atoms. The quantitative estimate of drug-likeness (QED) is 0.616. The average Bonchev–Trinajstić information content (AvgIpc) is 3.00. The van der Waals surface area contributed by atoms with E-state index in [1.807, 2.05) is 10.8 Å². The van der Waals surface area contributed by atoms with Gasteiger partial charge in [0, 0.05) is 23.6 Å². The molecule has 0 bridgehead atoms. The largest absolute Gasteiger partial charge is 0.397 e. The first-order chi connectivity index (χ1) is 13.8. The Bertz CT molecular complexity index is 1240. The highest BCUT2D eigenvalue weighted by Gasteiger charge is 2.22. The van der Waals surface area contributed by atoms with Crippen molar-refractivity contribution in [2.24, 2.45) is 0 Å². The van der Waals surface area contributed by atoms with Gasteiger partial charge in [-0.3, -0.25) is 9.59 Å². The highest BCUT2D eigenvalue weighted by Crippen LogP contribution is 2.36. The van der Waals surface area contributed by atoms with Crippen molar-refractivity contribution >= 4 is 49.0 Å². The molecule has 1 aromatic carbocycles. The summed E-state index contributed by atoms with van der Waals surface area (Å²) in [5, 5.41) is 0.795. The first kappa shape index (κ1) is 19.5. The number of nitrogens with zero attached hydrogens (tertiary/aromatic N) is 1. The van der Waals surface area contributed by atoms with E-state index in [1.54, 1.807) is 0 Å². The Morgan fingerprint density at radius 1 is 1.14 bits per heavy atom. The van der Waals surface area contributed by atoms with E-state index in [9.17, 15) is 18.0 Å². The van der Waals surface area contributed by atoms with Crippen LogP contribution in [0.1, 0.15) is 46.3 Å². The molecule has 4 rings (SSSR count). The Kier molecular flexibility index (Phi) is 4.87. The minimum absolute atomic E-state index is 0.0945. The van der Waals surface area contributed by atoms with Crippen LogP contribution >= 0.6 is 11.3 Å². The number of thiophene rings is 1. The molecule has 0 unspecified atom stereocenters. The van der Waals surface area contributed by atoms with Crippen LogP contribution in [0.3, 0.4) is 0 Å². The Labute approximate surface area is 172 Å². The van der Waals surface area contributed by atoms with E-state index in [2.05, 4.69) is 0 Å². The Hall–Kier alpha value is -2.78. The van der Waals surface area contributed by atoms with Crippen LogP contribution in [0.4, 0.5) is 5.69 Å². The number of carbonyl (C=O) groups excluding carboxylic acids is 2. The second-order valence-corrected chi connectivity index (χ2v) is 9.70. The van der Waals surface area contributed by atoms with Gasteiger partial charge >= 0.3 is 0 Å². The van der Waals surface area contributed by atoms with E-state index < -0.39 is 15.9 Å². The van der Waals surface area contributed by atoms with Gasteiger partial charge in [0.05, 0.1) is 10.6 Å². The molecular formula is C20H19N3O4S2. The summed E-state index contributed by atoms with van der Waals surface area (Å²) >= 11 is 1.26. The van der Waals surface area contributed by atoms with Crippen LogP contribution < -0.4 is 10.5 Å². The maximum absolute atomic E-state index is 13.0. The predicted molar refractivity (Wildman–Crippen MR) is 112 cm³/mol. The molecule has 1 aliphatic rings. The number of rotatable bonds is 4. The molecule has 2 heterocycles. The molecule has 9 heteroatoms. The smallest absolute Gasteiger partial charge is 0.264 e. The maximum Gasteiger partial charge on any atom is 0.264 e. The molecule has 1 aliphatic carbocycles. The fourth-order valence-corrected chi connectivity index (χ4v) is 5.54. The molecule has 150 valence electrons. The monoisotopic (exact) mass is 429 g/mol. The molecule has 0 atom stereocenters. The van der Waals surface area contributed by atoms with E-state index in [4.69, 9.17) is 10.7 Å². The molecular weight excluding hydrogens is 410 g/mol. The summed E-state index contributed by atoms with van der Waals surface area (Å²) in [6.07, 6.45) is 4.16. The summed E-state index contributed by atoms with van der Waals surface area (Å²) in [6.45, 7) is 1.12. The van der Waals surface area contributed by atoms with Crippen LogP contribution in [0.25, 0.3) is 10.2 Å². The molecule has 0 saturated heterocycles. The van der Waals surface area contributed by atoms with Crippen LogP contribution in [-0.2, 0) is 27.7 Å². The zero-order valence-electron chi connectivity index (χ0n) is 15.7. The van der Waals surface area contributed by atoms with Crippen molar-refractivity contribution in [1.82, 2.24) is 9.71 Å². The summed E-state index contributed by atoms with van der Waals surface area (Å²) in [6, 6.07) is 7.46. The number of ketones is 1. The number of aromatic nitrogens is 1. The molecule has 3 aromatic rings. The van der Waals surface area contributed by atoms with Crippen molar-refractivity contribution in [2.45, 2.75) is 37.5 Å². The minimum Gasteiger partial charge on any atom is -0.397 e. The summed E-state index contributed by atoms with van der Waals surface area (Å²) < 4.78 is 26.0. The number of hydrogen-bond donors (Lipinski definition) is 2.